The van der Waals surface area contributed by atoms with Crippen LogP contribution in [0.4, 0.5) is 22.0 Å². The molecule has 2 aliphatic rings. The van der Waals surface area contributed by atoms with E-state index in [2.05, 4.69) is 10.3 Å². The molecule has 2 aromatic heterocycles. The second kappa shape index (κ2) is 9.77. The Bertz CT molecular complexity index is 952. The highest BCUT2D eigenvalue weighted by molar-refractivity contribution is 6.03. The Hall–Kier alpha value is -2.80. The summed E-state index contributed by atoms with van der Waals surface area (Å²) >= 11 is 0. The maximum absolute atomic E-state index is 12.8. The summed E-state index contributed by atoms with van der Waals surface area (Å²) in [5, 5.41) is 11.1. The normalized spacial score (nSPS) is 22.9. The average Bonchev–Trinajstić information content (AvgIpc) is 3.06. The fourth-order valence-corrected chi connectivity index (χ4v) is 3.67. The molecule has 2 aliphatic heterocycles. The van der Waals surface area contributed by atoms with Crippen molar-refractivity contribution in [1.82, 2.24) is 14.9 Å². The van der Waals surface area contributed by atoms with Gasteiger partial charge in [0, 0.05) is 42.7 Å². The lowest BCUT2D eigenvalue weighted by Gasteiger charge is -2.39. The molecule has 2 N–H and O–H groups in total. The summed E-state index contributed by atoms with van der Waals surface area (Å²) in [6, 6.07) is 3.75. The van der Waals surface area contributed by atoms with E-state index in [0.717, 1.165) is 0 Å². The van der Waals surface area contributed by atoms with Crippen LogP contribution in [0.15, 0.2) is 24.5 Å². The number of alkyl halides is 5. The van der Waals surface area contributed by atoms with E-state index in [1.54, 1.807) is 12.1 Å². The highest BCUT2D eigenvalue weighted by atomic mass is 19.4. The number of pyridine rings is 1. The minimum Gasteiger partial charge on any atom is -0.475 e. The van der Waals surface area contributed by atoms with E-state index >= 15 is 0 Å². The molecule has 0 spiro atoms. The van der Waals surface area contributed by atoms with Gasteiger partial charge in [-0.3, -0.25) is 0 Å². The molecule has 8 nitrogen and oxygen atoms in total. The first kappa shape index (κ1) is 23.9. The molecule has 176 valence electrons. The SMILES string of the molecule is O=C(O)C(F)(F)F.O=C(O[C@H]1C[C@H]2COC[C@@H](C1)N2)c1cn(CC(F)F)c2ncccc12. The van der Waals surface area contributed by atoms with Crippen LogP contribution in [-0.4, -0.2) is 70.6 Å². The molecule has 0 amide bonds. The zero-order chi connectivity index (χ0) is 23.5. The number of rotatable bonds is 4. The van der Waals surface area contributed by atoms with Crippen molar-refractivity contribution < 1.29 is 46.1 Å². The third kappa shape index (κ3) is 5.91. The molecular formula is C19H20F5N3O5. The van der Waals surface area contributed by atoms with Crippen LogP contribution < -0.4 is 5.32 Å². The standard InChI is InChI=1S/C17H19F2N3O3.C2HF3O2/c18-15(19)7-22-6-14(13-2-1-3-20-16(13)22)17(23)25-12-4-10-8-24-9-11(5-12)21-10;3-2(4,5)1(6)7/h1-3,6,10-12,15,21H,4-5,7-9H2;(H,6,7)/t10-,11+,12-;. The fraction of sp³-hybridized carbons (Fsp3) is 0.526. The number of carbonyl (C=O) groups is 2. The van der Waals surface area contributed by atoms with E-state index in [4.69, 9.17) is 19.4 Å². The monoisotopic (exact) mass is 465 g/mol. The van der Waals surface area contributed by atoms with Gasteiger partial charge in [-0.1, -0.05) is 0 Å². The minimum absolute atomic E-state index is 0.187. The molecule has 2 saturated heterocycles. The van der Waals surface area contributed by atoms with Crippen molar-refractivity contribution in [2.45, 2.75) is 50.2 Å². The third-order valence-electron chi connectivity index (χ3n) is 4.91. The van der Waals surface area contributed by atoms with E-state index in [-0.39, 0.29) is 23.8 Å². The van der Waals surface area contributed by atoms with Crippen LogP contribution in [-0.2, 0) is 20.8 Å². The number of carbonyl (C=O) groups excluding carboxylic acids is 1. The lowest BCUT2D eigenvalue weighted by atomic mass is 9.94. The molecule has 2 fully saturated rings. The van der Waals surface area contributed by atoms with Crippen LogP contribution >= 0.6 is 0 Å². The zero-order valence-corrected chi connectivity index (χ0v) is 16.5. The van der Waals surface area contributed by atoms with Crippen molar-refractivity contribution in [3.05, 3.63) is 30.1 Å². The molecule has 2 bridgehead atoms. The lowest BCUT2D eigenvalue weighted by Crippen LogP contribution is -2.56. The Morgan fingerprint density at radius 1 is 1.28 bits per heavy atom. The number of halogens is 5. The largest absolute Gasteiger partial charge is 0.490 e. The predicted molar refractivity (Wildman–Crippen MR) is 99.4 cm³/mol. The van der Waals surface area contributed by atoms with E-state index in [9.17, 15) is 26.7 Å². The smallest absolute Gasteiger partial charge is 0.475 e. The van der Waals surface area contributed by atoms with E-state index in [1.807, 2.05) is 0 Å². The summed E-state index contributed by atoms with van der Waals surface area (Å²) in [5.41, 5.74) is 0.647. The molecule has 0 unspecified atom stereocenters. The van der Waals surface area contributed by atoms with Crippen molar-refractivity contribution in [2.75, 3.05) is 13.2 Å². The molecule has 13 heteroatoms. The predicted octanol–water partition coefficient (Wildman–Crippen LogP) is 2.61. The van der Waals surface area contributed by atoms with Gasteiger partial charge in [-0.25, -0.2) is 23.4 Å². The summed E-state index contributed by atoms with van der Waals surface area (Å²) in [5.74, 6) is -3.25. The van der Waals surface area contributed by atoms with Crippen LogP contribution in [0.5, 0.6) is 0 Å². The molecule has 0 radical (unpaired) electrons. The van der Waals surface area contributed by atoms with Crippen LogP contribution in [0.3, 0.4) is 0 Å². The Morgan fingerprint density at radius 2 is 1.91 bits per heavy atom. The highest BCUT2D eigenvalue weighted by Gasteiger charge is 2.38. The summed E-state index contributed by atoms with van der Waals surface area (Å²) in [4.78, 5) is 25.7. The number of ether oxygens (including phenoxy) is 2. The Kier molecular flexibility index (Phi) is 7.29. The lowest BCUT2D eigenvalue weighted by molar-refractivity contribution is -0.192. The first-order valence-electron chi connectivity index (χ1n) is 9.61. The van der Waals surface area contributed by atoms with Crippen LogP contribution in [0.1, 0.15) is 23.2 Å². The van der Waals surface area contributed by atoms with Crippen molar-refractivity contribution >= 4 is 23.0 Å². The Balaban J connectivity index is 0.000000360. The van der Waals surface area contributed by atoms with Gasteiger partial charge >= 0.3 is 18.1 Å². The van der Waals surface area contributed by atoms with Crippen LogP contribution in [0.2, 0.25) is 0 Å². The number of aliphatic carboxylic acids is 1. The molecule has 0 saturated carbocycles. The number of piperidine rings is 1. The van der Waals surface area contributed by atoms with Gasteiger partial charge in [0.05, 0.1) is 25.3 Å². The van der Waals surface area contributed by atoms with Gasteiger partial charge in [0.25, 0.3) is 6.43 Å². The van der Waals surface area contributed by atoms with Gasteiger partial charge < -0.3 is 24.5 Å². The summed E-state index contributed by atoms with van der Waals surface area (Å²) in [6.45, 7) is 0.722. The molecule has 0 aliphatic carbocycles. The third-order valence-corrected chi connectivity index (χ3v) is 4.91. The molecule has 4 rings (SSSR count). The first-order chi connectivity index (χ1) is 15.0. The summed E-state index contributed by atoms with van der Waals surface area (Å²) in [6.07, 6.45) is -3.49. The van der Waals surface area contributed by atoms with E-state index in [1.165, 1.54) is 17.0 Å². The number of nitrogens with one attached hydrogen (secondary N) is 1. The van der Waals surface area contributed by atoms with Crippen molar-refractivity contribution in [3.8, 4) is 0 Å². The Morgan fingerprint density at radius 3 is 2.47 bits per heavy atom. The number of fused-ring (bicyclic) bond motifs is 3. The van der Waals surface area contributed by atoms with Gasteiger partial charge in [0.2, 0.25) is 0 Å². The zero-order valence-electron chi connectivity index (χ0n) is 16.5. The van der Waals surface area contributed by atoms with E-state index in [0.29, 0.717) is 37.1 Å². The minimum atomic E-state index is -5.08. The quantitative estimate of drug-likeness (QED) is 0.529. The molecule has 32 heavy (non-hydrogen) atoms. The highest BCUT2D eigenvalue weighted by Crippen LogP contribution is 2.25. The number of carboxylic acid groups (broad SMARTS) is 1. The molecule has 3 atom stereocenters. The topological polar surface area (TPSA) is 103 Å². The number of esters is 1. The van der Waals surface area contributed by atoms with Crippen molar-refractivity contribution in [3.63, 3.8) is 0 Å². The molecule has 4 heterocycles. The summed E-state index contributed by atoms with van der Waals surface area (Å²) in [7, 11) is 0. The maximum atomic E-state index is 12.8. The maximum Gasteiger partial charge on any atom is 0.490 e. The molecular weight excluding hydrogens is 445 g/mol. The van der Waals surface area contributed by atoms with Gasteiger partial charge in [-0.2, -0.15) is 13.2 Å². The second-order valence-corrected chi connectivity index (χ2v) is 7.36. The van der Waals surface area contributed by atoms with Crippen LogP contribution in [0.25, 0.3) is 11.0 Å². The van der Waals surface area contributed by atoms with Crippen molar-refractivity contribution in [1.29, 1.82) is 0 Å². The molecule has 2 aromatic rings. The van der Waals surface area contributed by atoms with Gasteiger partial charge in [-0.05, 0) is 12.1 Å². The number of hydrogen-bond donors (Lipinski definition) is 2. The first-order valence-corrected chi connectivity index (χ1v) is 9.61. The number of nitrogens with zero attached hydrogens (tertiary/aromatic N) is 2. The van der Waals surface area contributed by atoms with Crippen molar-refractivity contribution in [2.24, 2.45) is 0 Å². The second-order valence-electron chi connectivity index (χ2n) is 7.36. The number of aromatic nitrogens is 2. The Labute approximate surface area is 178 Å². The van der Waals surface area contributed by atoms with Gasteiger partial charge in [0.15, 0.2) is 0 Å². The average molecular weight is 465 g/mol. The number of carboxylic acids is 1. The number of hydrogen-bond acceptors (Lipinski definition) is 6. The van der Waals surface area contributed by atoms with Gasteiger partial charge in [0.1, 0.15) is 11.8 Å². The van der Waals surface area contributed by atoms with Gasteiger partial charge in [-0.15, -0.1) is 0 Å². The van der Waals surface area contributed by atoms with E-state index < -0.39 is 31.1 Å². The number of morpholine rings is 1. The summed E-state index contributed by atoms with van der Waals surface area (Å²) < 4.78 is 69.8. The fourth-order valence-electron chi connectivity index (χ4n) is 3.67. The van der Waals surface area contributed by atoms with Crippen LogP contribution in [0, 0.1) is 0 Å². The molecule has 0 aromatic carbocycles.